The van der Waals surface area contributed by atoms with E-state index >= 15 is 0 Å². The van der Waals surface area contributed by atoms with Gasteiger partial charge < -0.3 is 5.73 Å². The summed E-state index contributed by atoms with van der Waals surface area (Å²) in [5.41, 5.74) is 5.96. The minimum Gasteiger partial charge on any atom is -0.326 e. The van der Waals surface area contributed by atoms with Crippen LogP contribution >= 0.6 is 0 Å². The topological polar surface area (TPSA) is 29.3 Å². The van der Waals surface area contributed by atoms with E-state index in [0.717, 1.165) is 24.4 Å². The smallest absolute Gasteiger partial charge is 0.0180 e. The van der Waals surface area contributed by atoms with E-state index in [9.17, 15) is 0 Å². The van der Waals surface area contributed by atoms with Gasteiger partial charge in [-0.25, -0.2) is 0 Å². The van der Waals surface area contributed by atoms with Crippen molar-refractivity contribution in [1.82, 2.24) is 4.90 Å². The van der Waals surface area contributed by atoms with E-state index in [1.165, 1.54) is 32.2 Å². The minimum absolute atomic E-state index is 0.447. The number of hydrogen-bond acceptors (Lipinski definition) is 2. The fourth-order valence-corrected chi connectivity index (χ4v) is 3.35. The van der Waals surface area contributed by atoms with Gasteiger partial charge in [-0.15, -0.1) is 0 Å². The first-order chi connectivity index (χ1) is 6.65. The molecular weight excluding hydrogens is 172 g/mol. The highest BCUT2D eigenvalue weighted by Crippen LogP contribution is 2.32. The molecule has 3 atom stereocenters. The van der Waals surface area contributed by atoms with Crippen molar-refractivity contribution < 1.29 is 0 Å². The molecule has 2 heteroatoms. The molecule has 0 aromatic rings. The Balaban J connectivity index is 1.90. The van der Waals surface area contributed by atoms with Crippen LogP contribution in [0.25, 0.3) is 0 Å². The molecule has 82 valence electrons. The molecule has 14 heavy (non-hydrogen) atoms. The highest BCUT2D eigenvalue weighted by molar-refractivity contribution is 4.87. The Morgan fingerprint density at radius 2 is 1.71 bits per heavy atom. The number of nitrogens with two attached hydrogens (primary N) is 1. The van der Waals surface area contributed by atoms with Crippen LogP contribution in [0, 0.1) is 11.8 Å². The quantitative estimate of drug-likeness (QED) is 0.693. The summed E-state index contributed by atoms with van der Waals surface area (Å²) >= 11 is 0. The summed E-state index contributed by atoms with van der Waals surface area (Å²) in [5, 5.41) is 0. The van der Waals surface area contributed by atoms with Gasteiger partial charge in [-0.05, 0) is 37.5 Å². The van der Waals surface area contributed by atoms with E-state index in [4.69, 9.17) is 5.73 Å². The van der Waals surface area contributed by atoms with Crippen LogP contribution in [0.15, 0.2) is 0 Å². The van der Waals surface area contributed by atoms with Gasteiger partial charge >= 0.3 is 0 Å². The third kappa shape index (κ3) is 2.29. The predicted octanol–water partition coefficient (Wildman–Crippen LogP) is 1.84. The van der Waals surface area contributed by atoms with E-state index in [0.29, 0.717) is 6.04 Å². The third-order valence-corrected chi connectivity index (χ3v) is 3.93. The molecule has 2 unspecified atom stereocenters. The van der Waals surface area contributed by atoms with Crippen molar-refractivity contribution in [3.05, 3.63) is 0 Å². The molecule has 2 rings (SSSR count). The van der Waals surface area contributed by atoms with Crippen molar-refractivity contribution in [1.29, 1.82) is 0 Å². The standard InChI is InChI=1S/C12H24N2/c1-9-5-10(2)7-12(6-9)14-4-3-11(13)8-14/h9-12H,3-8,13H2,1-2H3/t9?,10?,11-,12?/m0/s1. The number of hydrogen-bond donors (Lipinski definition) is 1. The molecule has 0 spiro atoms. The van der Waals surface area contributed by atoms with E-state index in [-0.39, 0.29) is 0 Å². The van der Waals surface area contributed by atoms with Crippen LogP contribution in [0.1, 0.15) is 39.5 Å². The molecular formula is C12H24N2. The van der Waals surface area contributed by atoms with Crippen LogP contribution in [0.2, 0.25) is 0 Å². The Kier molecular flexibility index (Phi) is 3.13. The van der Waals surface area contributed by atoms with Gasteiger partial charge in [0.2, 0.25) is 0 Å². The highest BCUT2D eigenvalue weighted by atomic mass is 15.2. The summed E-state index contributed by atoms with van der Waals surface area (Å²) < 4.78 is 0. The number of rotatable bonds is 1. The maximum absolute atomic E-state index is 5.96. The zero-order valence-corrected chi connectivity index (χ0v) is 9.58. The van der Waals surface area contributed by atoms with Gasteiger partial charge in [0.25, 0.3) is 0 Å². The second kappa shape index (κ2) is 4.19. The summed E-state index contributed by atoms with van der Waals surface area (Å²) in [6.07, 6.45) is 5.43. The molecule has 1 saturated carbocycles. The van der Waals surface area contributed by atoms with Crippen molar-refractivity contribution in [2.24, 2.45) is 17.6 Å². The summed E-state index contributed by atoms with van der Waals surface area (Å²) in [6, 6.07) is 1.28. The lowest BCUT2D eigenvalue weighted by Gasteiger charge is -2.37. The van der Waals surface area contributed by atoms with Gasteiger partial charge in [-0.3, -0.25) is 4.90 Å². The SMILES string of the molecule is CC1CC(C)CC(N2CC[C@H](N)C2)C1. The van der Waals surface area contributed by atoms with Crippen molar-refractivity contribution in [2.75, 3.05) is 13.1 Å². The summed E-state index contributed by atoms with van der Waals surface area (Å²) in [7, 11) is 0. The van der Waals surface area contributed by atoms with Crippen LogP contribution in [0.5, 0.6) is 0 Å². The Morgan fingerprint density at radius 3 is 2.21 bits per heavy atom. The second-order valence-electron chi connectivity index (χ2n) is 5.61. The first-order valence-electron chi connectivity index (χ1n) is 6.14. The largest absolute Gasteiger partial charge is 0.326 e. The number of nitrogens with zero attached hydrogens (tertiary/aromatic N) is 1. The van der Waals surface area contributed by atoms with Crippen molar-refractivity contribution in [2.45, 2.75) is 51.6 Å². The third-order valence-electron chi connectivity index (χ3n) is 3.93. The van der Waals surface area contributed by atoms with Crippen molar-refractivity contribution in [3.63, 3.8) is 0 Å². The Morgan fingerprint density at radius 1 is 1.07 bits per heavy atom. The fourth-order valence-electron chi connectivity index (χ4n) is 3.35. The Labute approximate surface area is 87.8 Å². The average Bonchev–Trinajstić information content (AvgIpc) is 2.50. The van der Waals surface area contributed by atoms with Crippen molar-refractivity contribution in [3.8, 4) is 0 Å². The van der Waals surface area contributed by atoms with Crippen LogP contribution in [0.3, 0.4) is 0 Å². The number of likely N-dealkylation sites (tertiary alicyclic amines) is 1. The first kappa shape index (κ1) is 10.4. The van der Waals surface area contributed by atoms with Gasteiger partial charge in [-0.2, -0.15) is 0 Å². The lowest BCUT2D eigenvalue weighted by atomic mass is 9.80. The zero-order chi connectivity index (χ0) is 10.1. The zero-order valence-electron chi connectivity index (χ0n) is 9.58. The molecule has 0 aromatic heterocycles. The first-order valence-corrected chi connectivity index (χ1v) is 6.14. The maximum Gasteiger partial charge on any atom is 0.0180 e. The fraction of sp³-hybridized carbons (Fsp3) is 1.00. The van der Waals surface area contributed by atoms with Crippen LogP contribution in [-0.2, 0) is 0 Å². The minimum atomic E-state index is 0.447. The molecule has 1 saturated heterocycles. The lowest BCUT2D eigenvalue weighted by molar-refractivity contribution is 0.131. The molecule has 0 bridgehead atoms. The Hall–Kier alpha value is -0.0800. The molecule has 2 nitrogen and oxygen atoms in total. The second-order valence-corrected chi connectivity index (χ2v) is 5.61. The molecule has 1 aliphatic heterocycles. The monoisotopic (exact) mass is 196 g/mol. The van der Waals surface area contributed by atoms with E-state index in [2.05, 4.69) is 18.7 Å². The van der Waals surface area contributed by atoms with E-state index in [1.807, 2.05) is 0 Å². The maximum atomic E-state index is 5.96. The van der Waals surface area contributed by atoms with Gasteiger partial charge in [0.05, 0.1) is 0 Å². The van der Waals surface area contributed by atoms with Gasteiger partial charge in [0, 0.05) is 25.2 Å². The summed E-state index contributed by atoms with van der Waals surface area (Å²) in [5.74, 6) is 1.83. The summed E-state index contributed by atoms with van der Waals surface area (Å²) in [6.45, 7) is 7.19. The normalized spacial score (nSPS) is 45.6. The average molecular weight is 196 g/mol. The molecule has 1 aliphatic carbocycles. The molecule has 2 N–H and O–H groups in total. The molecule has 0 aromatic carbocycles. The Bertz CT molecular complexity index is 183. The van der Waals surface area contributed by atoms with Crippen LogP contribution in [0.4, 0.5) is 0 Å². The van der Waals surface area contributed by atoms with Crippen LogP contribution in [-0.4, -0.2) is 30.1 Å². The molecule has 2 aliphatic rings. The van der Waals surface area contributed by atoms with Crippen LogP contribution < -0.4 is 5.73 Å². The van der Waals surface area contributed by atoms with Crippen molar-refractivity contribution >= 4 is 0 Å². The molecule has 0 amide bonds. The van der Waals surface area contributed by atoms with E-state index in [1.54, 1.807) is 0 Å². The van der Waals surface area contributed by atoms with Gasteiger partial charge in [0.1, 0.15) is 0 Å². The van der Waals surface area contributed by atoms with E-state index < -0.39 is 0 Å². The summed E-state index contributed by atoms with van der Waals surface area (Å²) in [4.78, 5) is 2.64. The molecule has 1 heterocycles. The van der Waals surface area contributed by atoms with Gasteiger partial charge in [0.15, 0.2) is 0 Å². The van der Waals surface area contributed by atoms with Gasteiger partial charge in [-0.1, -0.05) is 13.8 Å². The molecule has 2 fully saturated rings. The molecule has 0 radical (unpaired) electrons. The lowest BCUT2D eigenvalue weighted by Crippen LogP contribution is -2.40. The predicted molar refractivity (Wildman–Crippen MR) is 60.1 cm³/mol. The highest BCUT2D eigenvalue weighted by Gasteiger charge is 2.31.